The van der Waals surface area contributed by atoms with Crippen molar-refractivity contribution in [1.29, 1.82) is 0 Å². The quantitative estimate of drug-likeness (QED) is 0.0152. The molecule has 0 aliphatic carbocycles. The number of nitrogens with zero attached hydrogens (tertiary/aromatic N) is 3. The first-order valence-corrected chi connectivity index (χ1v) is 35.8. The second kappa shape index (κ2) is 75.3. The van der Waals surface area contributed by atoms with E-state index in [4.69, 9.17) is 17.5 Å². The normalized spacial score (nSPS) is 11.4. The maximum Gasteiger partial charge on any atom is 1.00 e. The summed E-state index contributed by atoms with van der Waals surface area (Å²) in [6.07, 6.45) is 75.0. The minimum absolute atomic E-state index is 0. The molecule has 0 rings (SSSR count). The first kappa shape index (κ1) is 93.9. The van der Waals surface area contributed by atoms with Crippen molar-refractivity contribution in [3.63, 3.8) is 0 Å². The van der Waals surface area contributed by atoms with Crippen molar-refractivity contribution in [2.75, 3.05) is 83.1 Å². The summed E-state index contributed by atoms with van der Waals surface area (Å²) < 4.78 is 37.5. The van der Waals surface area contributed by atoms with Crippen LogP contribution in [-0.2, 0) is 10.4 Å². The van der Waals surface area contributed by atoms with E-state index in [2.05, 4.69) is 98.0 Å². The van der Waals surface area contributed by atoms with Crippen LogP contribution >= 0.6 is 0 Å². The monoisotopic (exact) mass is 1220 g/mol. The summed E-state index contributed by atoms with van der Waals surface area (Å²) in [5, 5.41) is 0. The Bertz CT molecular complexity index is 1030. The number of halogens is 1. The van der Waals surface area contributed by atoms with Crippen LogP contribution in [0.1, 0.15) is 362 Å². The molecule has 7 nitrogen and oxygen atoms in total. The van der Waals surface area contributed by atoms with E-state index >= 15 is 0 Å². The fraction of sp³-hybridized carbons (Fsp3) is 0.986. The number of hydrogen-bond acceptors (Lipinski definition) is 4. The first-order chi connectivity index (χ1) is 36.6. The zero-order valence-corrected chi connectivity index (χ0v) is 61.8. The van der Waals surface area contributed by atoms with Gasteiger partial charge in [-0.25, -0.2) is 0 Å². The molecule has 79 heavy (non-hydrogen) atoms. The van der Waals surface area contributed by atoms with E-state index in [9.17, 15) is 0 Å². The van der Waals surface area contributed by atoms with Gasteiger partial charge >= 0.3 is 29.6 Å². The molecule has 480 valence electrons. The Morgan fingerprint density at radius 3 is 0.456 bits per heavy atom. The van der Waals surface area contributed by atoms with Gasteiger partial charge in [-0.1, -0.05) is 317 Å². The third-order valence-corrected chi connectivity index (χ3v) is 14.9. The Morgan fingerprint density at radius 1 is 0.253 bits per heavy atom. The molecule has 0 fully saturated rings. The van der Waals surface area contributed by atoms with Gasteiger partial charge in [-0.3, -0.25) is 8.42 Å². The predicted octanol–water partition coefficient (Wildman–Crippen LogP) is 15.9. The van der Waals surface area contributed by atoms with Crippen LogP contribution < -0.4 is 46.5 Å². The summed E-state index contributed by atoms with van der Waals surface area (Å²) in [7, 11) is 15.5. The molecule has 0 aromatic carbocycles. The topological polar surface area (TPSA) is 80.3 Å². The van der Waals surface area contributed by atoms with Gasteiger partial charge in [-0.15, -0.1) is 0 Å². The predicted molar refractivity (Wildman–Crippen MR) is 347 cm³/mol. The molecular weight excluding hydrogens is 1070 g/mol. The first-order valence-electron chi connectivity index (χ1n) is 34.5. The SMILES string of the molecule is CCCCCCCCCCCCCCCC[N+](C)(C)C.CCCCCCCCCCCCCCCC[N+](C)(C)C.CCCCCCCCCCCCCCCC[N+](C)(C)C.O=S(=O)([O-])[O-].[Br-].[CH2-]CCCCCCCCCCC.[Na+]. The average molecular weight is 1220 g/mol. The Kier molecular flexibility index (Phi) is 89.6. The summed E-state index contributed by atoms with van der Waals surface area (Å²) in [5.41, 5.74) is 0. The molecule has 0 aliphatic rings. The molecule has 0 saturated heterocycles. The second-order valence-electron chi connectivity index (χ2n) is 26.9. The molecule has 0 spiro atoms. The zero-order valence-electron chi connectivity index (χ0n) is 57.4. The number of unbranched alkanes of at least 4 members (excludes halogenated alkanes) is 48. The molecule has 0 aliphatic heterocycles. The molecule has 0 aromatic heterocycles. The Labute approximate surface area is 535 Å². The largest absolute Gasteiger partial charge is 1.00 e. The number of quaternary nitrogens is 3. The maximum atomic E-state index is 8.52. The molecule has 0 atom stereocenters. The molecule has 0 unspecified atom stereocenters. The molecular formula is C69H151BrN3NaO4S. The van der Waals surface area contributed by atoms with Crippen molar-refractivity contribution >= 4 is 10.4 Å². The second-order valence-corrected chi connectivity index (χ2v) is 27.7. The van der Waals surface area contributed by atoms with Gasteiger partial charge in [0.05, 0.1) is 83.1 Å². The van der Waals surface area contributed by atoms with Crippen molar-refractivity contribution in [2.45, 2.75) is 362 Å². The van der Waals surface area contributed by atoms with Crippen molar-refractivity contribution in [1.82, 2.24) is 0 Å². The van der Waals surface area contributed by atoms with Crippen LogP contribution in [0.3, 0.4) is 0 Å². The van der Waals surface area contributed by atoms with E-state index in [-0.39, 0.29) is 46.5 Å². The molecule has 0 N–H and O–H groups in total. The fourth-order valence-corrected chi connectivity index (χ4v) is 9.83. The number of hydrogen-bond donors (Lipinski definition) is 0. The van der Waals surface area contributed by atoms with Crippen LogP contribution in [0.4, 0.5) is 0 Å². The van der Waals surface area contributed by atoms with Crippen LogP contribution in [0.25, 0.3) is 0 Å². The van der Waals surface area contributed by atoms with Gasteiger partial charge in [-0.05, 0) is 38.5 Å². The summed E-state index contributed by atoms with van der Waals surface area (Å²) in [4.78, 5) is 0. The van der Waals surface area contributed by atoms with Gasteiger partial charge in [0.15, 0.2) is 0 Å². The van der Waals surface area contributed by atoms with Gasteiger partial charge in [0.1, 0.15) is 0 Å². The van der Waals surface area contributed by atoms with E-state index in [0.29, 0.717) is 0 Å². The van der Waals surface area contributed by atoms with Crippen molar-refractivity contribution < 1.29 is 77.5 Å². The fourth-order valence-electron chi connectivity index (χ4n) is 9.83. The smallest absolute Gasteiger partial charge is 1.00 e. The summed E-state index contributed by atoms with van der Waals surface area (Å²) in [6.45, 7) is 17.0. The molecule has 0 amide bonds. The van der Waals surface area contributed by atoms with E-state index in [0.717, 1.165) is 19.9 Å². The Morgan fingerprint density at radius 2 is 0.354 bits per heavy atom. The summed E-state index contributed by atoms with van der Waals surface area (Å²) in [5.74, 6) is 0. The van der Waals surface area contributed by atoms with Crippen LogP contribution in [0.5, 0.6) is 0 Å². The van der Waals surface area contributed by atoms with E-state index in [1.54, 1.807) is 0 Å². The van der Waals surface area contributed by atoms with Gasteiger partial charge in [0.25, 0.3) is 0 Å². The van der Waals surface area contributed by atoms with Crippen molar-refractivity contribution in [2.24, 2.45) is 0 Å². The maximum absolute atomic E-state index is 8.52. The standard InChI is InChI=1S/3C19H42N.C12H25.BrH.Na.H2O4S/c3*1-5-6-7-8-9-10-11-12-13-14-15-16-17-18-19-20(2,3)4;1-3-5-7-9-11-12-10-8-6-4-2;;;1-5(2,3)4/h3*5-19H2,1-4H3;1,3-12H2,2H3;1H;;(H2,1,2,3,4)/q3*+1;-1;;+1;/p-3. The Balaban J connectivity index is -0.000000171. The number of rotatable bonds is 54. The van der Waals surface area contributed by atoms with E-state index in [1.807, 2.05) is 0 Å². The van der Waals surface area contributed by atoms with Gasteiger partial charge in [-0.2, -0.15) is 6.42 Å². The Hall–Kier alpha value is 1.23. The zero-order chi connectivity index (χ0) is 58.9. The van der Waals surface area contributed by atoms with Crippen LogP contribution in [0, 0.1) is 6.92 Å². The molecule has 10 heteroatoms. The molecule has 0 saturated carbocycles. The molecule has 0 radical (unpaired) electrons. The average Bonchev–Trinajstić information content (AvgIpc) is 3.34. The van der Waals surface area contributed by atoms with Crippen LogP contribution in [0.15, 0.2) is 0 Å². The molecule has 0 aromatic rings. The van der Waals surface area contributed by atoms with Crippen molar-refractivity contribution in [3.8, 4) is 0 Å². The van der Waals surface area contributed by atoms with Gasteiger partial charge in [0, 0.05) is 10.4 Å². The minimum atomic E-state index is -5.17. The van der Waals surface area contributed by atoms with Crippen molar-refractivity contribution in [3.05, 3.63) is 6.92 Å². The van der Waals surface area contributed by atoms with E-state index in [1.165, 1.54) is 347 Å². The third-order valence-electron chi connectivity index (χ3n) is 14.9. The van der Waals surface area contributed by atoms with Gasteiger partial charge < -0.3 is 46.5 Å². The van der Waals surface area contributed by atoms with Crippen LogP contribution in [0.2, 0.25) is 0 Å². The third kappa shape index (κ3) is 126. The molecule has 0 heterocycles. The summed E-state index contributed by atoms with van der Waals surface area (Å²) in [6, 6.07) is 0. The van der Waals surface area contributed by atoms with E-state index < -0.39 is 10.4 Å². The molecule has 0 bridgehead atoms. The summed E-state index contributed by atoms with van der Waals surface area (Å²) >= 11 is 0. The minimum Gasteiger partial charge on any atom is -1.00 e. The van der Waals surface area contributed by atoms with Crippen LogP contribution in [-0.4, -0.2) is 114 Å². The van der Waals surface area contributed by atoms with Gasteiger partial charge in [0.2, 0.25) is 0 Å².